The monoisotopic (exact) mass is 348 g/mol. The molecule has 0 spiro atoms. The molecule has 4 rings (SSSR count). The Morgan fingerprint density at radius 3 is 2.84 bits per heavy atom. The molecule has 0 aliphatic heterocycles. The minimum absolute atomic E-state index is 0.164. The van der Waals surface area contributed by atoms with E-state index < -0.39 is 0 Å². The highest BCUT2D eigenvalue weighted by Crippen LogP contribution is 2.27. The lowest BCUT2D eigenvalue weighted by Gasteiger charge is -2.06. The van der Waals surface area contributed by atoms with Gasteiger partial charge in [0.25, 0.3) is 5.91 Å². The molecule has 3 heterocycles. The molecule has 4 aromatic rings. The average molecular weight is 348 g/mol. The second-order valence-electron chi connectivity index (χ2n) is 5.71. The number of hydrazone groups is 1. The summed E-state index contributed by atoms with van der Waals surface area (Å²) in [5.74, 6) is -0.164. The molecule has 1 N–H and O–H groups in total. The first kappa shape index (κ1) is 15.5. The molecule has 124 valence electrons. The van der Waals surface area contributed by atoms with Gasteiger partial charge < -0.3 is 4.57 Å². The molecule has 25 heavy (non-hydrogen) atoms. The second kappa shape index (κ2) is 6.49. The highest BCUT2D eigenvalue weighted by Gasteiger charge is 2.12. The number of rotatable bonds is 4. The molecule has 0 fully saturated rings. The van der Waals surface area contributed by atoms with Crippen LogP contribution in [-0.4, -0.2) is 21.2 Å². The SMILES string of the molecule is C/C(=N/NC(=O)Cn1c2ccccc2c2ccncc21)c1cccs1. The number of pyridine rings is 1. The predicted molar refractivity (Wildman–Crippen MR) is 102 cm³/mol. The molecule has 0 aliphatic rings. The van der Waals surface area contributed by atoms with E-state index in [0.717, 1.165) is 32.4 Å². The lowest BCUT2D eigenvalue weighted by Crippen LogP contribution is -2.24. The first-order valence-electron chi connectivity index (χ1n) is 7.92. The van der Waals surface area contributed by atoms with Crippen LogP contribution in [0, 0.1) is 0 Å². The number of hydrogen-bond donors (Lipinski definition) is 1. The van der Waals surface area contributed by atoms with E-state index in [-0.39, 0.29) is 12.5 Å². The van der Waals surface area contributed by atoms with Gasteiger partial charge in [-0.1, -0.05) is 24.3 Å². The fourth-order valence-corrected chi connectivity index (χ4v) is 3.61. The van der Waals surface area contributed by atoms with Crippen molar-refractivity contribution >= 4 is 44.8 Å². The van der Waals surface area contributed by atoms with Gasteiger partial charge in [-0.05, 0) is 30.5 Å². The number of carbonyl (C=O) groups excluding carboxylic acids is 1. The summed E-state index contributed by atoms with van der Waals surface area (Å²) < 4.78 is 1.98. The molecular weight excluding hydrogens is 332 g/mol. The van der Waals surface area contributed by atoms with Crippen LogP contribution in [0.1, 0.15) is 11.8 Å². The van der Waals surface area contributed by atoms with E-state index in [4.69, 9.17) is 0 Å². The minimum Gasteiger partial charge on any atom is -0.330 e. The fraction of sp³-hybridized carbons (Fsp3) is 0.105. The van der Waals surface area contributed by atoms with Crippen LogP contribution in [0.4, 0.5) is 0 Å². The largest absolute Gasteiger partial charge is 0.330 e. The number of para-hydroxylation sites is 1. The highest BCUT2D eigenvalue weighted by molar-refractivity contribution is 7.12. The Kier molecular flexibility index (Phi) is 4.03. The molecular formula is C19H16N4OS. The molecule has 0 radical (unpaired) electrons. The first-order valence-corrected chi connectivity index (χ1v) is 8.80. The van der Waals surface area contributed by atoms with Gasteiger partial charge in [-0.25, -0.2) is 5.43 Å². The van der Waals surface area contributed by atoms with E-state index >= 15 is 0 Å². The van der Waals surface area contributed by atoms with Crippen LogP contribution in [0.2, 0.25) is 0 Å². The fourth-order valence-electron chi connectivity index (χ4n) is 2.93. The maximum absolute atomic E-state index is 12.4. The number of hydrogen-bond acceptors (Lipinski definition) is 4. The Morgan fingerprint density at radius 1 is 1.16 bits per heavy atom. The van der Waals surface area contributed by atoms with Gasteiger partial charge in [0.2, 0.25) is 0 Å². The molecule has 5 nitrogen and oxygen atoms in total. The maximum Gasteiger partial charge on any atom is 0.260 e. The maximum atomic E-state index is 12.4. The van der Waals surface area contributed by atoms with Crippen LogP contribution >= 0.6 is 11.3 Å². The Labute approximate surface area is 148 Å². The second-order valence-corrected chi connectivity index (χ2v) is 6.65. The smallest absolute Gasteiger partial charge is 0.260 e. The van der Waals surface area contributed by atoms with Crippen molar-refractivity contribution in [2.24, 2.45) is 5.10 Å². The van der Waals surface area contributed by atoms with E-state index in [9.17, 15) is 4.79 Å². The van der Waals surface area contributed by atoms with Crippen LogP contribution in [-0.2, 0) is 11.3 Å². The number of fused-ring (bicyclic) bond motifs is 3. The van der Waals surface area contributed by atoms with Gasteiger partial charge >= 0.3 is 0 Å². The molecule has 0 saturated carbocycles. The lowest BCUT2D eigenvalue weighted by molar-refractivity contribution is -0.121. The third-order valence-corrected chi connectivity index (χ3v) is 5.08. The summed E-state index contributed by atoms with van der Waals surface area (Å²) in [6, 6.07) is 14.0. The minimum atomic E-state index is -0.164. The normalized spacial score (nSPS) is 12.0. The number of carbonyl (C=O) groups is 1. The van der Waals surface area contributed by atoms with Gasteiger partial charge in [-0.3, -0.25) is 9.78 Å². The Morgan fingerprint density at radius 2 is 2.00 bits per heavy atom. The summed E-state index contributed by atoms with van der Waals surface area (Å²) in [6.45, 7) is 2.08. The van der Waals surface area contributed by atoms with Crippen LogP contribution in [0.15, 0.2) is 65.3 Å². The molecule has 0 saturated heterocycles. The van der Waals surface area contributed by atoms with E-state index in [1.165, 1.54) is 0 Å². The zero-order valence-corrected chi connectivity index (χ0v) is 14.5. The van der Waals surface area contributed by atoms with Gasteiger partial charge in [-0.15, -0.1) is 11.3 Å². The quantitative estimate of drug-likeness (QED) is 0.450. The topological polar surface area (TPSA) is 59.3 Å². The number of nitrogens with one attached hydrogen (secondary N) is 1. The third-order valence-electron chi connectivity index (χ3n) is 4.10. The Hall–Kier alpha value is -2.99. The highest BCUT2D eigenvalue weighted by atomic mass is 32.1. The molecule has 0 bridgehead atoms. The number of benzene rings is 1. The predicted octanol–water partition coefficient (Wildman–Crippen LogP) is 3.79. The summed E-state index contributed by atoms with van der Waals surface area (Å²) >= 11 is 1.60. The van der Waals surface area contributed by atoms with Gasteiger partial charge in [0.05, 0.1) is 17.4 Å². The van der Waals surface area contributed by atoms with Crippen molar-refractivity contribution < 1.29 is 4.79 Å². The molecule has 0 atom stereocenters. The molecule has 1 amide bonds. The molecule has 1 aromatic carbocycles. The van der Waals surface area contributed by atoms with Crippen LogP contribution in [0.25, 0.3) is 21.8 Å². The van der Waals surface area contributed by atoms with Crippen molar-refractivity contribution in [3.05, 3.63) is 65.1 Å². The summed E-state index contributed by atoms with van der Waals surface area (Å²) in [4.78, 5) is 17.7. The third kappa shape index (κ3) is 2.92. The number of thiophene rings is 1. The van der Waals surface area contributed by atoms with Crippen molar-refractivity contribution in [3.8, 4) is 0 Å². The molecule has 0 aliphatic carbocycles. The van der Waals surface area contributed by atoms with Crippen molar-refractivity contribution in [1.29, 1.82) is 0 Å². The van der Waals surface area contributed by atoms with Crippen LogP contribution < -0.4 is 5.43 Å². The van der Waals surface area contributed by atoms with Crippen LogP contribution in [0.5, 0.6) is 0 Å². The van der Waals surface area contributed by atoms with E-state index in [1.54, 1.807) is 23.7 Å². The zero-order valence-electron chi connectivity index (χ0n) is 13.6. The summed E-state index contributed by atoms with van der Waals surface area (Å²) in [5.41, 5.74) is 5.41. The molecule has 3 aromatic heterocycles. The summed E-state index contributed by atoms with van der Waals surface area (Å²) in [7, 11) is 0. The van der Waals surface area contributed by atoms with Crippen LogP contribution in [0.3, 0.4) is 0 Å². The number of amides is 1. The summed E-state index contributed by atoms with van der Waals surface area (Å²) in [5, 5.41) is 8.40. The summed E-state index contributed by atoms with van der Waals surface area (Å²) in [6.07, 6.45) is 3.57. The van der Waals surface area contributed by atoms with Crippen molar-refractivity contribution in [3.63, 3.8) is 0 Å². The number of aromatic nitrogens is 2. The molecule has 0 unspecified atom stereocenters. The van der Waals surface area contributed by atoms with E-state index in [1.807, 2.05) is 53.3 Å². The Bertz CT molecular complexity index is 1030. The number of nitrogens with zero attached hydrogens (tertiary/aromatic N) is 3. The van der Waals surface area contributed by atoms with Gasteiger partial charge in [0, 0.05) is 27.4 Å². The van der Waals surface area contributed by atoms with Crippen molar-refractivity contribution in [2.75, 3.05) is 0 Å². The van der Waals surface area contributed by atoms with Crippen molar-refractivity contribution in [2.45, 2.75) is 13.5 Å². The van der Waals surface area contributed by atoms with Crippen molar-refractivity contribution in [1.82, 2.24) is 15.0 Å². The van der Waals surface area contributed by atoms with Gasteiger partial charge in [0.15, 0.2) is 0 Å². The molecule has 6 heteroatoms. The first-order chi connectivity index (χ1) is 12.2. The van der Waals surface area contributed by atoms with E-state index in [0.29, 0.717) is 0 Å². The van der Waals surface area contributed by atoms with Gasteiger partial charge in [0.1, 0.15) is 6.54 Å². The lowest BCUT2D eigenvalue weighted by atomic mass is 10.2. The zero-order chi connectivity index (χ0) is 17.2. The van der Waals surface area contributed by atoms with E-state index in [2.05, 4.69) is 21.6 Å². The average Bonchev–Trinajstić information content (AvgIpc) is 3.28. The Balaban J connectivity index is 1.64. The standard InChI is InChI=1S/C19H16N4OS/c1-13(18-7-4-10-25-18)21-22-19(24)12-23-16-6-3-2-5-14(16)15-8-9-20-11-17(15)23/h2-11H,12H2,1H3,(H,22,24)/b21-13-. The van der Waals surface area contributed by atoms with Gasteiger partial charge in [-0.2, -0.15) is 5.10 Å².